The number of rotatable bonds is 7. The number of carbonyl (C=O) groups is 1. The summed E-state index contributed by atoms with van der Waals surface area (Å²) in [7, 11) is -0.815. The third-order valence-electron chi connectivity index (χ3n) is 5.37. The molecule has 0 aliphatic carbocycles. The van der Waals surface area contributed by atoms with Crippen molar-refractivity contribution in [2.24, 2.45) is 7.05 Å². The molecule has 0 spiro atoms. The van der Waals surface area contributed by atoms with Gasteiger partial charge in [0, 0.05) is 14.1 Å². The summed E-state index contributed by atoms with van der Waals surface area (Å²) in [6.07, 6.45) is 2.33. The van der Waals surface area contributed by atoms with Gasteiger partial charge in [-0.25, -0.2) is 8.42 Å². The van der Waals surface area contributed by atoms with Crippen molar-refractivity contribution >= 4 is 21.7 Å². The first kappa shape index (κ1) is 22.6. The number of nitrogens with zero attached hydrogens (tertiary/aromatic N) is 3. The van der Waals surface area contributed by atoms with Crippen LogP contribution in [-0.4, -0.2) is 31.2 Å². The number of hydrogen-bond donors (Lipinski definition) is 1. The lowest BCUT2D eigenvalue weighted by atomic mass is 10.0. The van der Waals surface area contributed by atoms with E-state index in [1.807, 2.05) is 38.1 Å². The van der Waals surface area contributed by atoms with Crippen molar-refractivity contribution in [2.45, 2.75) is 38.1 Å². The fourth-order valence-electron chi connectivity index (χ4n) is 3.35. The predicted molar refractivity (Wildman–Crippen MR) is 122 cm³/mol. The van der Waals surface area contributed by atoms with E-state index in [0.717, 1.165) is 21.9 Å². The molecule has 31 heavy (non-hydrogen) atoms. The first-order valence-corrected chi connectivity index (χ1v) is 11.6. The Morgan fingerprint density at radius 3 is 2.32 bits per heavy atom. The van der Waals surface area contributed by atoms with Gasteiger partial charge in [0.15, 0.2) is 5.82 Å². The number of hydrogen-bond acceptors (Lipinski definition) is 4. The van der Waals surface area contributed by atoms with E-state index in [9.17, 15) is 13.2 Å². The number of carbonyl (C=O) groups excluding carboxylic acids is 1. The highest BCUT2D eigenvalue weighted by Crippen LogP contribution is 2.26. The highest BCUT2D eigenvalue weighted by Gasteiger charge is 2.29. The molecule has 0 bridgehead atoms. The van der Waals surface area contributed by atoms with E-state index in [-0.39, 0.29) is 28.2 Å². The van der Waals surface area contributed by atoms with Crippen molar-refractivity contribution in [3.63, 3.8) is 0 Å². The van der Waals surface area contributed by atoms with Crippen molar-refractivity contribution in [3.8, 4) is 0 Å². The van der Waals surface area contributed by atoms with Gasteiger partial charge in [-0.15, -0.1) is 0 Å². The average molecular weight is 441 g/mol. The molecule has 2 aromatic carbocycles. The van der Waals surface area contributed by atoms with Gasteiger partial charge in [0.25, 0.3) is 15.9 Å². The van der Waals surface area contributed by atoms with Crippen LogP contribution >= 0.6 is 0 Å². The molecule has 0 aliphatic rings. The van der Waals surface area contributed by atoms with E-state index in [1.54, 1.807) is 31.3 Å². The number of amides is 1. The lowest BCUT2D eigenvalue weighted by Crippen LogP contribution is -2.32. The zero-order chi connectivity index (χ0) is 22.8. The Morgan fingerprint density at radius 1 is 1.13 bits per heavy atom. The minimum Gasteiger partial charge on any atom is -0.345 e. The second kappa shape index (κ2) is 8.93. The molecule has 8 heteroatoms. The summed E-state index contributed by atoms with van der Waals surface area (Å²) in [6.45, 7) is 5.87. The number of sulfonamides is 1. The van der Waals surface area contributed by atoms with Crippen LogP contribution in [0.4, 0.5) is 5.82 Å². The van der Waals surface area contributed by atoms with Crippen LogP contribution in [0.2, 0.25) is 0 Å². The summed E-state index contributed by atoms with van der Waals surface area (Å²) >= 11 is 0. The molecular weight excluding hydrogens is 412 g/mol. The van der Waals surface area contributed by atoms with Gasteiger partial charge in [-0.1, -0.05) is 48.9 Å². The summed E-state index contributed by atoms with van der Waals surface area (Å²) < 4.78 is 28.7. The number of nitrogens with one attached hydrogen (secondary N) is 1. The molecule has 3 rings (SSSR count). The average Bonchev–Trinajstić information content (AvgIpc) is 3.14. The topological polar surface area (TPSA) is 84.3 Å². The lowest BCUT2D eigenvalue weighted by molar-refractivity contribution is 0.0940. The van der Waals surface area contributed by atoms with E-state index < -0.39 is 10.0 Å². The predicted octanol–water partition coefficient (Wildman–Crippen LogP) is 3.61. The molecule has 0 saturated heterocycles. The summed E-state index contributed by atoms with van der Waals surface area (Å²) in [5.41, 5.74) is 3.34. The fourth-order valence-corrected chi connectivity index (χ4v) is 4.59. The van der Waals surface area contributed by atoms with Crippen LogP contribution in [0.1, 0.15) is 46.9 Å². The maximum absolute atomic E-state index is 13.1. The van der Waals surface area contributed by atoms with Crippen LogP contribution in [0.3, 0.4) is 0 Å². The Balaban J connectivity index is 1.87. The fraction of sp³-hybridized carbons (Fsp3) is 0.304. The van der Waals surface area contributed by atoms with Gasteiger partial charge in [-0.05, 0) is 43.5 Å². The quantitative estimate of drug-likeness (QED) is 0.608. The van der Waals surface area contributed by atoms with Crippen LogP contribution in [-0.2, 0) is 23.5 Å². The Morgan fingerprint density at radius 2 is 1.74 bits per heavy atom. The van der Waals surface area contributed by atoms with Gasteiger partial charge in [0.1, 0.15) is 5.56 Å². The molecule has 3 aromatic rings. The van der Waals surface area contributed by atoms with Crippen molar-refractivity contribution in [2.75, 3.05) is 11.4 Å². The molecule has 1 heterocycles. The van der Waals surface area contributed by atoms with Gasteiger partial charge in [0.2, 0.25) is 0 Å². The van der Waals surface area contributed by atoms with Crippen LogP contribution in [0.15, 0.2) is 59.6 Å². The molecule has 1 amide bonds. The molecule has 0 saturated carbocycles. The molecule has 164 valence electrons. The van der Waals surface area contributed by atoms with Crippen LogP contribution in [0.5, 0.6) is 0 Å². The van der Waals surface area contributed by atoms with Gasteiger partial charge < -0.3 is 5.32 Å². The minimum atomic E-state index is -3.85. The molecule has 1 N–H and O–H groups in total. The Kier molecular flexibility index (Phi) is 6.50. The largest absolute Gasteiger partial charge is 0.345 e. The SMILES string of the molecule is CCc1ccc(C(C)NC(=O)c2cnn(C)c2N(C)S(=O)(=O)c2ccc(C)cc2)cc1. The standard InChI is InChI=1S/C23H28N4O3S/c1-6-18-9-11-19(12-10-18)17(3)25-22(28)21-15-24-26(4)23(21)27(5)31(29,30)20-13-7-16(2)8-14-20/h7-15,17H,6H2,1-5H3,(H,25,28). The number of anilines is 1. The molecule has 1 aromatic heterocycles. The maximum atomic E-state index is 13.1. The summed E-state index contributed by atoms with van der Waals surface area (Å²) in [5, 5.41) is 7.08. The third-order valence-corrected chi connectivity index (χ3v) is 7.13. The molecule has 0 fully saturated rings. The second-order valence-electron chi connectivity index (χ2n) is 7.58. The monoisotopic (exact) mass is 440 g/mol. The molecule has 0 radical (unpaired) electrons. The molecular formula is C23H28N4O3S. The third kappa shape index (κ3) is 4.64. The van der Waals surface area contributed by atoms with Crippen LogP contribution < -0.4 is 9.62 Å². The van der Waals surface area contributed by atoms with Crippen molar-refractivity contribution < 1.29 is 13.2 Å². The maximum Gasteiger partial charge on any atom is 0.265 e. The Bertz CT molecular complexity index is 1170. The van der Waals surface area contributed by atoms with Gasteiger partial charge in [-0.3, -0.25) is 13.8 Å². The summed E-state index contributed by atoms with van der Waals surface area (Å²) in [6, 6.07) is 14.4. The Labute approximate surface area is 183 Å². The minimum absolute atomic E-state index is 0.151. The van der Waals surface area contributed by atoms with Crippen LogP contribution in [0.25, 0.3) is 0 Å². The first-order chi connectivity index (χ1) is 14.6. The molecule has 7 nitrogen and oxygen atoms in total. The number of benzene rings is 2. The van der Waals surface area contributed by atoms with Gasteiger partial charge in [-0.2, -0.15) is 5.10 Å². The number of aromatic nitrogens is 2. The smallest absolute Gasteiger partial charge is 0.265 e. The highest BCUT2D eigenvalue weighted by atomic mass is 32.2. The van der Waals surface area contributed by atoms with E-state index in [0.29, 0.717) is 0 Å². The van der Waals surface area contributed by atoms with Crippen molar-refractivity contribution in [1.29, 1.82) is 0 Å². The van der Waals surface area contributed by atoms with Gasteiger partial charge in [0.05, 0.1) is 17.1 Å². The summed E-state index contributed by atoms with van der Waals surface area (Å²) in [5.74, 6) is -0.187. The van der Waals surface area contributed by atoms with E-state index in [4.69, 9.17) is 0 Å². The molecule has 1 unspecified atom stereocenters. The first-order valence-electron chi connectivity index (χ1n) is 10.1. The van der Waals surface area contributed by atoms with Crippen molar-refractivity contribution in [1.82, 2.24) is 15.1 Å². The number of aryl methyl sites for hydroxylation is 3. The van der Waals surface area contributed by atoms with Gasteiger partial charge >= 0.3 is 0 Å². The zero-order valence-electron chi connectivity index (χ0n) is 18.5. The lowest BCUT2D eigenvalue weighted by Gasteiger charge is -2.21. The zero-order valence-corrected chi connectivity index (χ0v) is 19.3. The second-order valence-corrected chi connectivity index (χ2v) is 9.55. The molecule has 0 aliphatic heterocycles. The van der Waals surface area contributed by atoms with Crippen LogP contribution in [0, 0.1) is 6.92 Å². The van der Waals surface area contributed by atoms with E-state index in [2.05, 4.69) is 17.3 Å². The normalized spacial score (nSPS) is 12.4. The highest BCUT2D eigenvalue weighted by molar-refractivity contribution is 7.92. The molecule has 1 atom stereocenters. The Hall–Kier alpha value is -3.13. The summed E-state index contributed by atoms with van der Waals surface area (Å²) in [4.78, 5) is 13.2. The van der Waals surface area contributed by atoms with Crippen molar-refractivity contribution in [3.05, 3.63) is 77.0 Å². The van der Waals surface area contributed by atoms with E-state index in [1.165, 1.54) is 23.5 Å². The van der Waals surface area contributed by atoms with E-state index >= 15 is 0 Å².